The Morgan fingerprint density at radius 2 is 1.81 bits per heavy atom. The van der Waals surface area contributed by atoms with Crippen LogP contribution in [0.25, 0.3) is 0 Å². The second-order valence-corrected chi connectivity index (χ2v) is 8.15. The Morgan fingerprint density at radius 1 is 1.29 bits per heavy atom. The zero-order chi connectivity index (χ0) is 15.8. The summed E-state index contributed by atoms with van der Waals surface area (Å²) >= 11 is 0. The fourth-order valence-electron chi connectivity index (χ4n) is 2.75. The maximum absolute atomic E-state index is 12.7. The second kappa shape index (κ2) is 5.33. The largest absolute Gasteiger partial charge is 0.497 e. The molecular weight excluding hydrogens is 292 g/mol. The van der Waals surface area contributed by atoms with E-state index in [1.165, 1.54) is 31.4 Å². The molecule has 0 saturated heterocycles. The number of hydrogen-bond acceptors (Lipinski definition) is 4. The van der Waals surface area contributed by atoms with Gasteiger partial charge in [-0.2, -0.15) is 0 Å². The molecule has 0 aliphatic heterocycles. The number of ether oxygens (including phenoxy) is 1. The highest BCUT2D eigenvalue weighted by molar-refractivity contribution is 7.93. The molecule has 1 aliphatic rings. The number of sulfone groups is 1. The Kier molecular flexibility index (Phi) is 4.02. The van der Waals surface area contributed by atoms with Gasteiger partial charge in [0.25, 0.3) is 0 Å². The summed E-state index contributed by atoms with van der Waals surface area (Å²) in [4.78, 5) is 11.6. The van der Waals surface area contributed by atoms with Crippen molar-refractivity contribution in [2.24, 2.45) is 11.8 Å². The summed E-state index contributed by atoms with van der Waals surface area (Å²) in [6.07, 6.45) is 0.350. The lowest BCUT2D eigenvalue weighted by Gasteiger charge is -2.45. The van der Waals surface area contributed by atoms with E-state index in [0.717, 1.165) is 0 Å². The molecule has 2 rings (SSSR count). The second-order valence-electron chi connectivity index (χ2n) is 5.89. The van der Waals surface area contributed by atoms with Gasteiger partial charge in [-0.25, -0.2) is 8.42 Å². The molecule has 0 spiro atoms. The summed E-state index contributed by atoms with van der Waals surface area (Å²) in [5, 5.41) is 9.48. The first-order valence-electron chi connectivity index (χ1n) is 6.86. The van der Waals surface area contributed by atoms with E-state index < -0.39 is 20.6 Å². The predicted octanol–water partition coefficient (Wildman–Crippen LogP) is 2.36. The van der Waals surface area contributed by atoms with Crippen molar-refractivity contribution in [3.63, 3.8) is 0 Å². The third kappa shape index (κ3) is 2.41. The lowest BCUT2D eigenvalue weighted by atomic mass is 9.69. The van der Waals surface area contributed by atoms with E-state index >= 15 is 0 Å². The van der Waals surface area contributed by atoms with Gasteiger partial charge in [0.1, 0.15) is 5.75 Å². The van der Waals surface area contributed by atoms with Gasteiger partial charge < -0.3 is 9.84 Å². The van der Waals surface area contributed by atoms with E-state index in [2.05, 4.69) is 0 Å². The van der Waals surface area contributed by atoms with Gasteiger partial charge in [-0.1, -0.05) is 13.8 Å². The maximum Gasteiger partial charge on any atom is 0.325 e. The first-order chi connectivity index (χ1) is 9.74. The number of methoxy groups -OCH3 is 1. The van der Waals surface area contributed by atoms with E-state index in [1.807, 2.05) is 13.8 Å². The summed E-state index contributed by atoms with van der Waals surface area (Å²) in [5.74, 6) is -0.306. The summed E-state index contributed by atoms with van der Waals surface area (Å²) < 4.78 is 28.8. The average Bonchev–Trinajstić information content (AvgIpc) is 2.36. The van der Waals surface area contributed by atoms with Crippen LogP contribution in [0.5, 0.6) is 5.75 Å². The normalized spacial score (nSPS) is 25.4. The molecule has 0 atom stereocenters. The molecule has 116 valence electrons. The molecule has 0 amide bonds. The SMILES string of the molecule is COc1ccc(S(=O)(=O)C2(C(=O)O)CC(C(C)C)C2)cc1. The minimum absolute atomic E-state index is 0.0351. The molecule has 1 N–H and O–H groups in total. The Bertz CT molecular complexity index is 625. The number of carbonyl (C=O) groups is 1. The Balaban J connectivity index is 2.38. The predicted molar refractivity (Wildman–Crippen MR) is 78.1 cm³/mol. The molecule has 5 nitrogen and oxygen atoms in total. The minimum Gasteiger partial charge on any atom is -0.497 e. The maximum atomic E-state index is 12.7. The summed E-state index contributed by atoms with van der Waals surface area (Å²) in [6, 6.07) is 5.87. The van der Waals surface area contributed by atoms with Crippen molar-refractivity contribution in [2.45, 2.75) is 36.3 Å². The quantitative estimate of drug-likeness (QED) is 0.902. The van der Waals surface area contributed by atoms with Gasteiger partial charge in [0.2, 0.25) is 0 Å². The van der Waals surface area contributed by atoms with Gasteiger partial charge in [-0.15, -0.1) is 0 Å². The highest BCUT2D eigenvalue weighted by atomic mass is 32.2. The van der Waals surface area contributed by atoms with Crippen molar-refractivity contribution in [3.05, 3.63) is 24.3 Å². The molecule has 1 fully saturated rings. The topological polar surface area (TPSA) is 80.7 Å². The first-order valence-corrected chi connectivity index (χ1v) is 8.35. The monoisotopic (exact) mass is 312 g/mol. The molecule has 1 aliphatic carbocycles. The van der Waals surface area contributed by atoms with E-state index in [9.17, 15) is 18.3 Å². The fourth-order valence-corrected chi connectivity index (χ4v) is 4.79. The molecule has 0 heterocycles. The van der Waals surface area contributed by atoms with E-state index in [0.29, 0.717) is 5.75 Å². The molecule has 1 saturated carbocycles. The standard InChI is InChI=1S/C15H20O5S/c1-10(2)11-8-15(9-11,14(16)17)21(18,19)13-6-4-12(20-3)5-7-13/h4-7,10-11H,8-9H2,1-3H3,(H,16,17). The van der Waals surface area contributed by atoms with Crippen LogP contribution in [0.2, 0.25) is 0 Å². The molecule has 6 heteroatoms. The van der Waals surface area contributed by atoms with Crippen LogP contribution in [0.15, 0.2) is 29.2 Å². The van der Waals surface area contributed by atoms with Gasteiger partial charge in [0.05, 0.1) is 12.0 Å². The van der Waals surface area contributed by atoms with Crippen molar-refractivity contribution >= 4 is 15.8 Å². The van der Waals surface area contributed by atoms with Gasteiger partial charge in [-0.3, -0.25) is 4.79 Å². The zero-order valence-electron chi connectivity index (χ0n) is 12.4. The van der Waals surface area contributed by atoms with E-state index in [-0.39, 0.29) is 29.6 Å². The van der Waals surface area contributed by atoms with Crippen LogP contribution in [0, 0.1) is 11.8 Å². The average molecular weight is 312 g/mol. The van der Waals surface area contributed by atoms with Crippen molar-refractivity contribution < 1.29 is 23.1 Å². The number of carboxylic acid groups (broad SMARTS) is 1. The Morgan fingerprint density at radius 3 is 2.19 bits per heavy atom. The van der Waals surface area contributed by atoms with Gasteiger partial charge in [0.15, 0.2) is 14.6 Å². The summed E-state index contributed by atoms with van der Waals surface area (Å²) in [6.45, 7) is 3.97. The van der Waals surface area contributed by atoms with Crippen molar-refractivity contribution in [2.75, 3.05) is 7.11 Å². The Hall–Kier alpha value is -1.56. The molecule has 1 aromatic rings. The molecule has 0 radical (unpaired) electrons. The third-order valence-corrected chi connectivity index (χ3v) is 6.83. The van der Waals surface area contributed by atoms with Crippen molar-refractivity contribution in [1.82, 2.24) is 0 Å². The third-order valence-electron chi connectivity index (χ3n) is 4.40. The van der Waals surface area contributed by atoms with Crippen LogP contribution in [-0.4, -0.2) is 31.4 Å². The van der Waals surface area contributed by atoms with Crippen LogP contribution in [-0.2, 0) is 14.6 Å². The molecule has 1 aromatic carbocycles. The van der Waals surface area contributed by atoms with Gasteiger partial charge >= 0.3 is 5.97 Å². The number of hydrogen-bond donors (Lipinski definition) is 1. The lowest BCUT2D eigenvalue weighted by molar-refractivity contribution is -0.144. The number of rotatable bonds is 5. The molecule has 0 aromatic heterocycles. The van der Waals surface area contributed by atoms with Crippen LogP contribution in [0.4, 0.5) is 0 Å². The first kappa shape index (κ1) is 15.8. The number of benzene rings is 1. The molecular formula is C15H20O5S. The van der Waals surface area contributed by atoms with Crippen LogP contribution in [0.3, 0.4) is 0 Å². The van der Waals surface area contributed by atoms with Crippen molar-refractivity contribution in [1.29, 1.82) is 0 Å². The van der Waals surface area contributed by atoms with Crippen LogP contribution in [0.1, 0.15) is 26.7 Å². The minimum atomic E-state index is -3.91. The lowest BCUT2D eigenvalue weighted by Crippen LogP contribution is -2.57. The van der Waals surface area contributed by atoms with Crippen LogP contribution >= 0.6 is 0 Å². The smallest absolute Gasteiger partial charge is 0.325 e. The van der Waals surface area contributed by atoms with Crippen LogP contribution < -0.4 is 4.74 Å². The highest BCUT2D eigenvalue weighted by Gasteiger charge is 2.60. The number of carboxylic acids is 1. The van der Waals surface area contributed by atoms with Gasteiger partial charge in [0, 0.05) is 0 Å². The molecule has 21 heavy (non-hydrogen) atoms. The Labute approximate surface area is 124 Å². The zero-order valence-corrected chi connectivity index (χ0v) is 13.2. The summed E-state index contributed by atoms with van der Waals surface area (Å²) in [7, 11) is -2.42. The van der Waals surface area contributed by atoms with Gasteiger partial charge in [-0.05, 0) is 48.9 Å². The molecule has 0 bridgehead atoms. The fraction of sp³-hybridized carbons (Fsp3) is 0.533. The number of aliphatic carboxylic acids is 1. The van der Waals surface area contributed by atoms with E-state index in [1.54, 1.807) is 0 Å². The van der Waals surface area contributed by atoms with Crippen molar-refractivity contribution in [3.8, 4) is 5.75 Å². The molecule has 0 unspecified atom stereocenters. The van der Waals surface area contributed by atoms with E-state index in [4.69, 9.17) is 4.74 Å². The highest BCUT2D eigenvalue weighted by Crippen LogP contribution is 2.49. The summed E-state index contributed by atoms with van der Waals surface area (Å²) in [5.41, 5.74) is 0.